The van der Waals surface area contributed by atoms with Crippen LogP contribution in [-0.2, 0) is 4.79 Å². The number of hydrogen-bond acceptors (Lipinski definition) is 3. The first kappa shape index (κ1) is 12.6. The van der Waals surface area contributed by atoms with Crippen molar-refractivity contribution in [3.8, 4) is 6.07 Å². The van der Waals surface area contributed by atoms with Gasteiger partial charge in [-0.05, 0) is 37.1 Å². The number of carbonyl (C=O) groups is 1. The van der Waals surface area contributed by atoms with Gasteiger partial charge in [-0.15, -0.1) is 0 Å². The van der Waals surface area contributed by atoms with Gasteiger partial charge in [-0.3, -0.25) is 9.69 Å². The Kier molecular flexibility index (Phi) is 3.63. The van der Waals surface area contributed by atoms with Gasteiger partial charge in [0.05, 0.1) is 11.6 Å². The molecule has 2 atom stereocenters. The second-order valence-corrected chi connectivity index (χ2v) is 4.89. The number of hydrogen-bond donors (Lipinski definition) is 1. The highest BCUT2D eigenvalue weighted by Crippen LogP contribution is 2.35. The van der Waals surface area contributed by atoms with Crippen LogP contribution in [0.1, 0.15) is 30.0 Å². The second kappa shape index (κ2) is 5.19. The van der Waals surface area contributed by atoms with Crippen LogP contribution in [-0.4, -0.2) is 29.6 Å². The van der Waals surface area contributed by atoms with Crippen LogP contribution in [0.3, 0.4) is 0 Å². The van der Waals surface area contributed by atoms with Gasteiger partial charge in [-0.1, -0.05) is 12.1 Å². The Labute approximate surface area is 106 Å². The summed E-state index contributed by atoms with van der Waals surface area (Å²) >= 11 is 0. The first-order valence-corrected chi connectivity index (χ1v) is 6.02. The van der Waals surface area contributed by atoms with Gasteiger partial charge in [0.1, 0.15) is 0 Å². The van der Waals surface area contributed by atoms with Crippen molar-refractivity contribution in [3.05, 3.63) is 35.4 Å². The van der Waals surface area contributed by atoms with Gasteiger partial charge >= 0.3 is 5.97 Å². The fourth-order valence-corrected chi connectivity index (χ4v) is 2.67. The number of benzene rings is 1. The first-order chi connectivity index (χ1) is 8.60. The van der Waals surface area contributed by atoms with Crippen LogP contribution < -0.4 is 0 Å². The minimum absolute atomic E-state index is 0.216. The molecule has 1 N–H and O–H groups in total. The summed E-state index contributed by atoms with van der Waals surface area (Å²) < 4.78 is 0. The molecule has 0 radical (unpaired) electrons. The molecule has 94 valence electrons. The molecule has 0 aromatic heterocycles. The normalized spacial score (nSPS) is 23.8. The van der Waals surface area contributed by atoms with Gasteiger partial charge in [-0.25, -0.2) is 0 Å². The van der Waals surface area contributed by atoms with Gasteiger partial charge in [0.25, 0.3) is 0 Å². The fraction of sp³-hybridized carbons (Fsp3) is 0.429. The maximum atomic E-state index is 10.7. The fourth-order valence-electron chi connectivity index (χ4n) is 2.67. The van der Waals surface area contributed by atoms with Crippen LogP contribution in [0.5, 0.6) is 0 Å². The van der Waals surface area contributed by atoms with Crippen LogP contribution in [0.4, 0.5) is 0 Å². The predicted molar refractivity (Wildman–Crippen MR) is 66.9 cm³/mol. The van der Waals surface area contributed by atoms with E-state index in [2.05, 4.69) is 11.0 Å². The molecule has 0 spiro atoms. The SMILES string of the molecule is CN1CC(CC(=O)O)CC1c1ccc(C#N)cc1. The van der Waals surface area contributed by atoms with Crippen molar-refractivity contribution in [1.29, 1.82) is 5.26 Å². The van der Waals surface area contributed by atoms with Crippen LogP contribution in [0, 0.1) is 17.2 Å². The van der Waals surface area contributed by atoms with Crippen LogP contribution in [0.2, 0.25) is 0 Å². The smallest absolute Gasteiger partial charge is 0.303 e. The maximum Gasteiger partial charge on any atom is 0.303 e. The third-order valence-corrected chi connectivity index (χ3v) is 3.52. The van der Waals surface area contributed by atoms with Crippen molar-refractivity contribution in [3.63, 3.8) is 0 Å². The largest absolute Gasteiger partial charge is 0.481 e. The van der Waals surface area contributed by atoms with E-state index in [9.17, 15) is 4.79 Å². The Balaban J connectivity index is 2.09. The van der Waals surface area contributed by atoms with Crippen molar-refractivity contribution >= 4 is 5.97 Å². The zero-order valence-electron chi connectivity index (χ0n) is 10.3. The van der Waals surface area contributed by atoms with E-state index in [0.717, 1.165) is 18.5 Å². The summed E-state index contributed by atoms with van der Waals surface area (Å²) in [6, 6.07) is 9.91. The lowest BCUT2D eigenvalue weighted by Crippen LogP contribution is -2.18. The molecule has 1 heterocycles. The molecule has 4 heteroatoms. The molecule has 0 amide bonds. The van der Waals surface area contributed by atoms with E-state index in [0.29, 0.717) is 5.56 Å². The molecule has 1 fully saturated rings. The number of nitrogens with zero attached hydrogens (tertiary/aromatic N) is 2. The molecule has 1 aromatic carbocycles. The lowest BCUT2D eigenvalue weighted by molar-refractivity contribution is -0.138. The maximum absolute atomic E-state index is 10.7. The molecule has 4 nitrogen and oxygen atoms in total. The van der Waals surface area contributed by atoms with Gasteiger partial charge in [0.15, 0.2) is 0 Å². The number of rotatable bonds is 3. The number of carboxylic acids is 1. The zero-order valence-corrected chi connectivity index (χ0v) is 10.3. The van der Waals surface area contributed by atoms with Gasteiger partial charge in [0.2, 0.25) is 0 Å². The summed E-state index contributed by atoms with van der Waals surface area (Å²) in [6.45, 7) is 0.816. The van der Waals surface area contributed by atoms with E-state index in [-0.39, 0.29) is 18.4 Å². The van der Waals surface area contributed by atoms with Gasteiger partial charge in [0, 0.05) is 19.0 Å². The molecule has 0 saturated carbocycles. The summed E-state index contributed by atoms with van der Waals surface area (Å²) in [5.41, 5.74) is 1.81. The molecule has 0 bridgehead atoms. The third kappa shape index (κ3) is 2.69. The van der Waals surface area contributed by atoms with E-state index in [1.54, 1.807) is 0 Å². The van der Waals surface area contributed by atoms with Crippen molar-refractivity contribution in [2.45, 2.75) is 18.9 Å². The van der Waals surface area contributed by atoms with Crippen molar-refractivity contribution in [2.75, 3.05) is 13.6 Å². The van der Waals surface area contributed by atoms with Crippen molar-refractivity contribution < 1.29 is 9.90 Å². The average molecular weight is 244 g/mol. The molecule has 1 aromatic rings. The topological polar surface area (TPSA) is 64.3 Å². The Bertz CT molecular complexity index is 476. The Morgan fingerprint density at radius 3 is 2.72 bits per heavy atom. The van der Waals surface area contributed by atoms with Gasteiger partial charge < -0.3 is 5.11 Å². The predicted octanol–water partition coefficient (Wildman–Crippen LogP) is 2.03. The monoisotopic (exact) mass is 244 g/mol. The van der Waals surface area contributed by atoms with Crippen molar-refractivity contribution in [2.24, 2.45) is 5.92 Å². The summed E-state index contributed by atoms with van der Waals surface area (Å²) in [6.07, 6.45) is 1.10. The van der Waals surface area contributed by atoms with Crippen molar-refractivity contribution in [1.82, 2.24) is 4.90 Å². The summed E-state index contributed by atoms with van der Waals surface area (Å²) in [5.74, 6) is -0.512. The minimum atomic E-state index is -0.728. The molecule has 0 aliphatic carbocycles. The van der Waals surface area contributed by atoms with Crippen LogP contribution >= 0.6 is 0 Å². The molecule has 18 heavy (non-hydrogen) atoms. The number of likely N-dealkylation sites (tertiary alicyclic amines) is 1. The highest BCUT2D eigenvalue weighted by atomic mass is 16.4. The highest BCUT2D eigenvalue weighted by Gasteiger charge is 2.31. The van der Waals surface area contributed by atoms with E-state index < -0.39 is 5.97 Å². The Morgan fingerprint density at radius 2 is 2.17 bits per heavy atom. The third-order valence-electron chi connectivity index (χ3n) is 3.52. The quantitative estimate of drug-likeness (QED) is 0.883. The standard InChI is InChI=1S/C14H16N2O2/c1-16-9-11(7-14(17)18)6-13(16)12-4-2-10(8-15)3-5-12/h2-5,11,13H,6-7,9H2,1H3,(H,17,18). The second-order valence-electron chi connectivity index (χ2n) is 4.89. The summed E-state index contributed by atoms with van der Waals surface area (Å²) in [7, 11) is 2.02. The minimum Gasteiger partial charge on any atom is -0.481 e. The lowest BCUT2D eigenvalue weighted by atomic mass is 9.97. The lowest BCUT2D eigenvalue weighted by Gasteiger charge is -2.19. The highest BCUT2D eigenvalue weighted by molar-refractivity contribution is 5.67. The van der Waals surface area contributed by atoms with Crippen LogP contribution in [0.15, 0.2) is 24.3 Å². The van der Waals surface area contributed by atoms with Gasteiger partial charge in [-0.2, -0.15) is 5.26 Å². The summed E-state index contributed by atoms with van der Waals surface area (Å²) in [4.78, 5) is 12.9. The van der Waals surface area contributed by atoms with E-state index in [1.807, 2.05) is 31.3 Å². The van der Waals surface area contributed by atoms with E-state index >= 15 is 0 Å². The molecule has 1 aliphatic heterocycles. The zero-order chi connectivity index (χ0) is 13.1. The Morgan fingerprint density at radius 1 is 1.50 bits per heavy atom. The molecular formula is C14H16N2O2. The first-order valence-electron chi connectivity index (χ1n) is 6.02. The number of aliphatic carboxylic acids is 1. The number of nitriles is 1. The average Bonchev–Trinajstić information content (AvgIpc) is 2.69. The Hall–Kier alpha value is -1.86. The molecule has 1 aliphatic rings. The van der Waals surface area contributed by atoms with E-state index in [1.165, 1.54) is 0 Å². The molecule has 2 rings (SSSR count). The molecule has 2 unspecified atom stereocenters. The van der Waals surface area contributed by atoms with Crippen LogP contribution in [0.25, 0.3) is 0 Å². The number of carboxylic acid groups (broad SMARTS) is 1. The van der Waals surface area contributed by atoms with E-state index in [4.69, 9.17) is 10.4 Å². The molecule has 1 saturated heterocycles. The summed E-state index contributed by atoms with van der Waals surface area (Å²) in [5, 5.41) is 17.6. The molecular weight excluding hydrogens is 228 g/mol.